The van der Waals surface area contributed by atoms with Gasteiger partial charge in [0.15, 0.2) is 0 Å². The van der Waals surface area contributed by atoms with Gasteiger partial charge in [-0.1, -0.05) is 18.2 Å². The number of hydrogen-bond acceptors (Lipinski definition) is 2. The Morgan fingerprint density at radius 3 is 2.38 bits per heavy atom. The van der Waals surface area contributed by atoms with Gasteiger partial charge in [-0.3, -0.25) is 0 Å². The predicted molar refractivity (Wildman–Crippen MR) is 80.9 cm³/mol. The molecule has 0 aliphatic rings. The molecule has 2 amide bonds. The zero-order chi connectivity index (χ0) is 15.1. The average Bonchev–Trinajstić information content (AvgIpc) is 2.45. The highest BCUT2D eigenvalue weighted by Gasteiger charge is 2.04. The van der Waals surface area contributed by atoms with Crippen LogP contribution in [-0.4, -0.2) is 17.7 Å². The molecule has 5 heteroatoms. The Morgan fingerprint density at radius 2 is 1.71 bits per heavy atom. The van der Waals surface area contributed by atoms with Crippen molar-refractivity contribution in [2.45, 2.75) is 12.8 Å². The third-order valence-corrected chi connectivity index (χ3v) is 2.89. The maximum Gasteiger partial charge on any atom is 0.323 e. The van der Waals surface area contributed by atoms with Gasteiger partial charge in [0.25, 0.3) is 0 Å². The lowest BCUT2D eigenvalue weighted by atomic mass is 10.1. The molecule has 4 nitrogen and oxygen atoms in total. The molecule has 0 saturated carbocycles. The fourth-order valence-corrected chi connectivity index (χ4v) is 1.95. The van der Waals surface area contributed by atoms with Crippen molar-refractivity contribution in [2.75, 3.05) is 17.2 Å². The highest BCUT2D eigenvalue weighted by molar-refractivity contribution is 5.99. The standard InChI is InChI=1S/C16H17FN2O2/c17-13-6-2-8-15(11-13)19-16(21)18-14-7-1-4-12(10-14)5-3-9-20/h1-2,4,6-8,10-11,20H,3,5,9H2,(H2,18,19,21). The first kappa shape index (κ1) is 15.0. The number of urea groups is 1. The Labute approximate surface area is 122 Å². The number of carbonyl (C=O) groups is 1. The van der Waals surface area contributed by atoms with Crippen LogP contribution in [0.15, 0.2) is 48.5 Å². The van der Waals surface area contributed by atoms with Crippen LogP contribution in [0.1, 0.15) is 12.0 Å². The van der Waals surface area contributed by atoms with Crippen molar-refractivity contribution in [3.05, 3.63) is 59.9 Å². The average molecular weight is 288 g/mol. The van der Waals surface area contributed by atoms with E-state index in [1.807, 2.05) is 18.2 Å². The van der Waals surface area contributed by atoms with E-state index in [4.69, 9.17) is 5.11 Å². The van der Waals surface area contributed by atoms with Crippen molar-refractivity contribution in [2.24, 2.45) is 0 Å². The Balaban J connectivity index is 1.96. The van der Waals surface area contributed by atoms with Gasteiger partial charge in [0.1, 0.15) is 5.82 Å². The van der Waals surface area contributed by atoms with Crippen LogP contribution < -0.4 is 10.6 Å². The third-order valence-electron chi connectivity index (χ3n) is 2.89. The minimum atomic E-state index is -0.431. The second kappa shape index (κ2) is 7.40. The molecule has 110 valence electrons. The molecule has 0 aliphatic heterocycles. The lowest BCUT2D eigenvalue weighted by Crippen LogP contribution is -2.19. The fraction of sp³-hybridized carbons (Fsp3) is 0.188. The van der Waals surface area contributed by atoms with Crippen LogP contribution in [0.3, 0.4) is 0 Å². The summed E-state index contributed by atoms with van der Waals surface area (Å²) in [6.45, 7) is 0.137. The lowest BCUT2D eigenvalue weighted by molar-refractivity contribution is 0.262. The van der Waals surface area contributed by atoms with Crippen molar-refractivity contribution in [3.8, 4) is 0 Å². The van der Waals surface area contributed by atoms with Crippen LogP contribution >= 0.6 is 0 Å². The van der Waals surface area contributed by atoms with Crippen LogP contribution in [0.5, 0.6) is 0 Å². The molecule has 21 heavy (non-hydrogen) atoms. The molecule has 0 radical (unpaired) electrons. The number of benzene rings is 2. The SMILES string of the molecule is O=C(Nc1cccc(F)c1)Nc1cccc(CCCO)c1. The zero-order valence-electron chi connectivity index (χ0n) is 11.5. The Morgan fingerprint density at radius 1 is 1.05 bits per heavy atom. The highest BCUT2D eigenvalue weighted by Crippen LogP contribution is 2.14. The molecule has 3 N–H and O–H groups in total. The normalized spacial score (nSPS) is 10.2. The van der Waals surface area contributed by atoms with Crippen molar-refractivity contribution in [1.82, 2.24) is 0 Å². The first-order valence-electron chi connectivity index (χ1n) is 6.71. The summed E-state index contributed by atoms with van der Waals surface area (Å²) < 4.78 is 13.0. The highest BCUT2D eigenvalue weighted by atomic mass is 19.1. The number of amides is 2. The van der Waals surface area contributed by atoms with Gasteiger partial charge in [-0.05, 0) is 48.7 Å². The van der Waals surface area contributed by atoms with E-state index in [9.17, 15) is 9.18 Å². The first-order chi connectivity index (χ1) is 10.2. The molecule has 0 saturated heterocycles. The molecule has 2 aromatic rings. The van der Waals surface area contributed by atoms with Gasteiger partial charge in [0.05, 0.1) is 0 Å². The second-order valence-corrected chi connectivity index (χ2v) is 4.62. The maximum atomic E-state index is 13.0. The van der Waals surface area contributed by atoms with Gasteiger partial charge in [-0.25, -0.2) is 9.18 Å². The van der Waals surface area contributed by atoms with Gasteiger partial charge in [-0.15, -0.1) is 0 Å². The van der Waals surface area contributed by atoms with Crippen LogP contribution in [0.2, 0.25) is 0 Å². The molecule has 2 aromatic carbocycles. The van der Waals surface area contributed by atoms with E-state index in [0.717, 1.165) is 12.0 Å². The van der Waals surface area contributed by atoms with E-state index in [2.05, 4.69) is 10.6 Å². The number of anilines is 2. The minimum Gasteiger partial charge on any atom is -0.396 e. The second-order valence-electron chi connectivity index (χ2n) is 4.62. The van der Waals surface area contributed by atoms with Crippen LogP contribution in [0, 0.1) is 5.82 Å². The van der Waals surface area contributed by atoms with E-state index >= 15 is 0 Å². The van der Waals surface area contributed by atoms with E-state index in [1.54, 1.807) is 12.1 Å². The molecule has 0 bridgehead atoms. The van der Waals surface area contributed by atoms with Gasteiger partial charge >= 0.3 is 6.03 Å². The minimum absolute atomic E-state index is 0.137. The summed E-state index contributed by atoms with van der Waals surface area (Å²) in [6.07, 6.45) is 1.43. The number of nitrogens with one attached hydrogen (secondary N) is 2. The summed E-state index contributed by atoms with van der Waals surface area (Å²) in [4.78, 5) is 11.8. The van der Waals surface area contributed by atoms with Crippen LogP contribution in [0.25, 0.3) is 0 Å². The number of aliphatic hydroxyl groups is 1. The van der Waals surface area contributed by atoms with Gasteiger partial charge < -0.3 is 15.7 Å². The van der Waals surface area contributed by atoms with Gasteiger partial charge in [0, 0.05) is 18.0 Å². The van der Waals surface area contributed by atoms with Gasteiger partial charge in [-0.2, -0.15) is 0 Å². The number of hydrogen-bond donors (Lipinski definition) is 3. The molecule has 0 spiro atoms. The summed E-state index contributed by atoms with van der Waals surface area (Å²) in [5.74, 6) is -0.404. The summed E-state index contributed by atoms with van der Waals surface area (Å²) in [5.41, 5.74) is 2.08. The van der Waals surface area contributed by atoms with E-state index in [1.165, 1.54) is 18.2 Å². The molecule has 2 rings (SSSR count). The number of halogens is 1. The molecule has 0 aliphatic carbocycles. The quantitative estimate of drug-likeness (QED) is 0.789. The Hall–Kier alpha value is -2.40. The molecule has 0 heterocycles. The van der Waals surface area contributed by atoms with Crippen molar-refractivity contribution in [1.29, 1.82) is 0 Å². The Bertz CT molecular complexity index is 617. The molecule has 0 atom stereocenters. The summed E-state index contributed by atoms with van der Waals surface area (Å²) in [5, 5.41) is 14.1. The smallest absolute Gasteiger partial charge is 0.323 e. The number of carbonyl (C=O) groups excluding carboxylic acids is 1. The fourth-order valence-electron chi connectivity index (χ4n) is 1.95. The number of rotatable bonds is 5. The molecular weight excluding hydrogens is 271 g/mol. The van der Waals surface area contributed by atoms with Gasteiger partial charge in [0.2, 0.25) is 0 Å². The monoisotopic (exact) mass is 288 g/mol. The number of aryl methyl sites for hydroxylation is 1. The molecule has 0 fully saturated rings. The van der Waals surface area contributed by atoms with Crippen LogP contribution in [0.4, 0.5) is 20.6 Å². The topological polar surface area (TPSA) is 61.4 Å². The molecular formula is C16H17FN2O2. The molecule has 0 unspecified atom stereocenters. The van der Waals surface area contributed by atoms with E-state index < -0.39 is 11.8 Å². The summed E-state index contributed by atoms with van der Waals surface area (Å²) >= 11 is 0. The predicted octanol–water partition coefficient (Wildman–Crippen LogP) is 3.39. The molecule has 0 aromatic heterocycles. The first-order valence-corrected chi connectivity index (χ1v) is 6.71. The van der Waals surface area contributed by atoms with Crippen LogP contribution in [-0.2, 0) is 6.42 Å². The maximum absolute atomic E-state index is 13.0. The zero-order valence-corrected chi connectivity index (χ0v) is 11.5. The lowest BCUT2D eigenvalue weighted by Gasteiger charge is -2.09. The summed E-state index contributed by atoms with van der Waals surface area (Å²) in [6, 6.07) is 12.7. The van der Waals surface area contributed by atoms with Crippen molar-refractivity contribution >= 4 is 17.4 Å². The summed E-state index contributed by atoms with van der Waals surface area (Å²) in [7, 11) is 0. The van der Waals surface area contributed by atoms with Crippen molar-refractivity contribution < 1.29 is 14.3 Å². The largest absolute Gasteiger partial charge is 0.396 e. The van der Waals surface area contributed by atoms with E-state index in [-0.39, 0.29) is 6.61 Å². The van der Waals surface area contributed by atoms with Crippen molar-refractivity contribution in [3.63, 3.8) is 0 Å². The van der Waals surface area contributed by atoms with E-state index in [0.29, 0.717) is 17.8 Å². The Kier molecular flexibility index (Phi) is 5.29. The number of aliphatic hydroxyl groups excluding tert-OH is 1. The third kappa shape index (κ3) is 4.89.